The molecule has 3 saturated heterocycles. The van der Waals surface area contributed by atoms with Crippen LogP contribution < -0.4 is 15.5 Å². The molecule has 1 unspecified atom stereocenters. The molecule has 0 spiro atoms. The number of piperidine rings is 2. The van der Waals surface area contributed by atoms with E-state index in [1.807, 2.05) is 49.7 Å². The second-order valence-electron chi connectivity index (χ2n) is 16.7. The van der Waals surface area contributed by atoms with Crippen molar-refractivity contribution in [2.24, 2.45) is 5.92 Å². The predicted molar refractivity (Wildman–Crippen MR) is 223 cm³/mol. The quantitative estimate of drug-likeness (QED) is 0.177. The number of aromatic nitrogens is 5. The Labute approximate surface area is 351 Å². The van der Waals surface area contributed by atoms with E-state index in [1.165, 1.54) is 6.07 Å². The summed E-state index contributed by atoms with van der Waals surface area (Å²) in [6, 6.07) is 11.2. The van der Waals surface area contributed by atoms with Crippen molar-refractivity contribution in [2.45, 2.75) is 65.1 Å². The first kappa shape index (κ1) is 40.2. The van der Waals surface area contributed by atoms with Gasteiger partial charge in [-0.1, -0.05) is 6.07 Å². The number of nitrogens with one attached hydrogen (secondary N) is 2. The van der Waals surface area contributed by atoms with Gasteiger partial charge in [0.15, 0.2) is 11.6 Å². The highest BCUT2D eigenvalue weighted by molar-refractivity contribution is 6.23. The van der Waals surface area contributed by atoms with Crippen molar-refractivity contribution < 1.29 is 28.0 Å². The molecule has 0 bridgehead atoms. The lowest BCUT2D eigenvalue weighted by Crippen LogP contribution is -2.54. The molecule has 4 aliphatic heterocycles. The van der Waals surface area contributed by atoms with Gasteiger partial charge in [-0.2, -0.15) is 0 Å². The number of anilines is 3. The highest BCUT2D eigenvalue weighted by Gasteiger charge is 2.45. The number of hydrogen-bond acceptors (Lipinski definition) is 12. The van der Waals surface area contributed by atoms with Gasteiger partial charge in [0.25, 0.3) is 11.8 Å². The number of carbonyl (C=O) groups excluding carboxylic acids is 4. The Morgan fingerprint density at radius 1 is 0.820 bits per heavy atom. The maximum absolute atomic E-state index is 15.2. The van der Waals surface area contributed by atoms with Crippen LogP contribution in [0.1, 0.15) is 77.7 Å². The molecule has 3 aromatic heterocycles. The molecule has 4 aliphatic rings. The van der Waals surface area contributed by atoms with E-state index >= 15 is 8.78 Å². The van der Waals surface area contributed by atoms with E-state index in [9.17, 15) is 19.2 Å². The first-order valence-corrected chi connectivity index (χ1v) is 20.9. The normalized spacial score (nSPS) is 19.3. The molecule has 9 rings (SSSR count). The number of nitrogens with zero attached hydrogens (tertiary/aromatic N) is 9. The fourth-order valence-corrected chi connectivity index (χ4v) is 9.18. The first-order chi connectivity index (χ1) is 29.4. The van der Waals surface area contributed by atoms with Gasteiger partial charge in [-0.05, 0) is 87.9 Å². The molecule has 15 nitrogen and oxygen atoms in total. The van der Waals surface area contributed by atoms with Crippen LogP contribution >= 0.6 is 0 Å². The van der Waals surface area contributed by atoms with E-state index < -0.39 is 41.3 Å². The van der Waals surface area contributed by atoms with Crippen molar-refractivity contribution in [1.29, 1.82) is 0 Å². The zero-order chi connectivity index (χ0) is 42.5. The molecule has 3 fully saturated rings. The summed E-state index contributed by atoms with van der Waals surface area (Å²) >= 11 is 0. The highest BCUT2D eigenvalue weighted by Crippen LogP contribution is 2.33. The number of rotatable bonds is 10. The van der Waals surface area contributed by atoms with Gasteiger partial charge in [0.05, 0.1) is 22.8 Å². The number of fused-ring (bicyclic) bond motifs is 2. The molecule has 5 aromatic rings. The second-order valence-corrected chi connectivity index (χ2v) is 16.7. The molecule has 0 saturated carbocycles. The van der Waals surface area contributed by atoms with Crippen LogP contribution in [0.2, 0.25) is 0 Å². The van der Waals surface area contributed by atoms with Gasteiger partial charge >= 0.3 is 0 Å². The van der Waals surface area contributed by atoms with Gasteiger partial charge in [-0.3, -0.25) is 34.3 Å². The molecule has 2 aromatic carbocycles. The number of pyridine rings is 1. The third-order valence-corrected chi connectivity index (χ3v) is 12.3. The Bertz CT molecular complexity index is 2550. The Kier molecular flexibility index (Phi) is 10.8. The Hall–Kier alpha value is -6.20. The summed E-state index contributed by atoms with van der Waals surface area (Å²) in [5.74, 6) is -1.32. The van der Waals surface area contributed by atoms with Crippen LogP contribution in [0.4, 0.5) is 26.2 Å². The molecule has 4 amide bonds. The molecule has 2 N–H and O–H groups in total. The topological polar surface area (TPSA) is 162 Å². The summed E-state index contributed by atoms with van der Waals surface area (Å²) in [5.41, 5.74) is 3.63. The van der Waals surface area contributed by atoms with E-state index in [1.54, 1.807) is 18.2 Å². The van der Waals surface area contributed by atoms with E-state index in [0.717, 1.165) is 87.5 Å². The number of hydrogen-bond donors (Lipinski definition) is 2. The van der Waals surface area contributed by atoms with Gasteiger partial charge in [-0.15, -0.1) is 0 Å². The SMILES string of the molecule is Cc1nc2c(F)cc(-c3nc(Nc4ccc(CN5CCN(CC6CCN(c7ccc8c(c7)C(=O)N(C7CCC(=O)NC7=O)C8=O)CC6)CC5)cn4)ncc3F)cc2n1C(C)C. The molecule has 7 heterocycles. The third-order valence-electron chi connectivity index (χ3n) is 12.3. The molecular formula is C44H47F2N11O4. The van der Waals surface area contributed by atoms with Crippen LogP contribution in [-0.2, 0) is 16.1 Å². The fourth-order valence-electron chi connectivity index (χ4n) is 9.18. The van der Waals surface area contributed by atoms with Crippen LogP contribution in [0.25, 0.3) is 22.3 Å². The predicted octanol–water partition coefficient (Wildman–Crippen LogP) is 5.23. The molecule has 0 radical (unpaired) electrons. The molecule has 17 heteroatoms. The Morgan fingerprint density at radius 2 is 1.57 bits per heavy atom. The number of imidazole rings is 1. The summed E-state index contributed by atoms with van der Waals surface area (Å²) in [6.07, 6.45) is 5.14. The lowest BCUT2D eigenvalue weighted by Gasteiger charge is -2.39. The molecular weight excluding hydrogens is 785 g/mol. The Balaban J connectivity index is 0.744. The summed E-state index contributed by atoms with van der Waals surface area (Å²) in [4.78, 5) is 76.2. The lowest BCUT2D eigenvalue weighted by molar-refractivity contribution is -0.136. The second kappa shape index (κ2) is 16.3. The standard InChI is InChI=1S/C44H47F2N11O4/c1-25(2)56-26(3)49-40-33(45)18-29(19-36(40)56)39-34(46)22-48-44(52-39)50-37-8-4-28(21-47-37)24-54-16-14-53(15-17-54)23-27-10-12-55(13-11-27)30-5-6-31-32(20-30)43(61)57(42(31)60)35-7-9-38(58)51-41(35)59/h4-6,8,18-22,25,27,35H,7,9-17,23-24H2,1-3H3,(H,51,58,59)(H,47,48,50,52). The minimum Gasteiger partial charge on any atom is -0.371 e. The lowest BCUT2D eigenvalue weighted by atomic mass is 9.95. The van der Waals surface area contributed by atoms with Gasteiger partial charge in [0, 0.05) is 82.3 Å². The maximum Gasteiger partial charge on any atom is 0.262 e. The molecule has 316 valence electrons. The van der Waals surface area contributed by atoms with Crippen LogP contribution in [0.3, 0.4) is 0 Å². The minimum atomic E-state index is -0.977. The summed E-state index contributed by atoms with van der Waals surface area (Å²) < 4.78 is 32.1. The van der Waals surface area contributed by atoms with Gasteiger partial charge in [0.1, 0.15) is 28.9 Å². The van der Waals surface area contributed by atoms with Crippen LogP contribution in [0.5, 0.6) is 0 Å². The number of imide groups is 2. The third kappa shape index (κ3) is 7.94. The number of amides is 4. The summed E-state index contributed by atoms with van der Waals surface area (Å²) in [5, 5.41) is 5.30. The van der Waals surface area contributed by atoms with Crippen molar-refractivity contribution in [3.8, 4) is 11.3 Å². The molecule has 1 atom stereocenters. The smallest absolute Gasteiger partial charge is 0.262 e. The van der Waals surface area contributed by atoms with E-state index in [0.29, 0.717) is 39.8 Å². The van der Waals surface area contributed by atoms with Crippen molar-refractivity contribution in [3.05, 3.63) is 89.0 Å². The van der Waals surface area contributed by atoms with Crippen molar-refractivity contribution >= 4 is 52.1 Å². The highest BCUT2D eigenvalue weighted by atomic mass is 19.1. The first-order valence-electron chi connectivity index (χ1n) is 20.9. The van der Waals surface area contributed by atoms with Crippen LogP contribution in [0, 0.1) is 24.5 Å². The average molecular weight is 832 g/mol. The van der Waals surface area contributed by atoms with E-state index in [2.05, 4.69) is 45.3 Å². The van der Waals surface area contributed by atoms with Crippen LogP contribution in [0.15, 0.2) is 54.9 Å². The van der Waals surface area contributed by atoms with Crippen molar-refractivity contribution in [1.82, 2.24) is 44.5 Å². The minimum absolute atomic E-state index is 0.0233. The summed E-state index contributed by atoms with van der Waals surface area (Å²) in [7, 11) is 0. The van der Waals surface area contributed by atoms with Gasteiger partial charge in [0.2, 0.25) is 17.8 Å². The number of aryl methyl sites for hydroxylation is 1. The van der Waals surface area contributed by atoms with Crippen LogP contribution in [-0.4, -0.2) is 115 Å². The maximum atomic E-state index is 15.2. The number of benzene rings is 2. The fraction of sp³-hybridized carbons (Fsp3) is 0.409. The number of halogens is 2. The van der Waals surface area contributed by atoms with Crippen molar-refractivity contribution in [2.75, 3.05) is 56.0 Å². The number of piperazine rings is 1. The van der Waals surface area contributed by atoms with Crippen molar-refractivity contribution in [3.63, 3.8) is 0 Å². The molecule has 61 heavy (non-hydrogen) atoms. The van der Waals surface area contributed by atoms with Gasteiger partial charge in [-0.25, -0.2) is 28.7 Å². The van der Waals surface area contributed by atoms with Gasteiger partial charge < -0.3 is 19.7 Å². The zero-order valence-corrected chi connectivity index (χ0v) is 34.3. The molecule has 0 aliphatic carbocycles. The zero-order valence-electron chi connectivity index (χ0n) is 34.3. The van der Waals surface area contributed by atoms with E-state index in [-0.39, 0.29) is 36.0 Å². The van der Waals surface area contributed by atoms with E-state index in [4.69, 9.17) is 0 Å². The summed E-state index contributed by atoms with van der Waals surface area (Å²) in [6.45, 7) is 13.1. The average Bonchev–Trinajstić information content (AvgIpc) is 3.72. The number of carbonyl (C=O) groups is 4. The monoisotopic (exact) mass is 831 g/mol. The Morgan fingerprint density at radius 3 is 2.30 bits per heavy atom. The largest absolute Gasteiger partial charge is 0.371 e.